The topological polar surface area (TPSA) is 78.3 Å². The lowest BCUT2D eigenvalue weighted by molar-refractivity contribution is 0.100. The third-order valence-corrected chi connectivity index (χ3v) is 3.88. The quantitative estimate of drug-likeness (QED) is 0.850. The van der Waals surface area contributed by atoms with Gasteiger partial charge in [-0.3, -0.25) is 4.79 Å². The van der Waals surface area contributed by atoms with Crippen molar-refractivity contribution in [3.05, 3.63) is 59.2 Å². The van der Waals surface area contributed by atoms with Crippen LogP contribution in [0.25, 0.3) is 0 Å². The Morgan fingerprint density at radius 2 is 2.00 bits per heavy atom. The number of fused-ring (bicyclic) bond motifs is 1. The van der Waals surface area contributed by atoms with E-state index < -0.39 is 5.91 Å². The van der Waals surface area contributed by atoms with Crippen molar-refractivity contribution >= 4 is 11.6 Å². The van der Waals surface area contributed by atoms with E-state index in [1.54, 1.807) is 18.2 Å². The number of hydrogen-bond acceptors (Lipinski definition) is 3. The Balaban J connectivity index is 1.86. The molecule has 0 bridgehead atoms. The summed E-state index contributed by atoms with van der Waals surface area (Å²) in [5.41, 5.74) is 14.6. The Bertz CT molecular complexity index is 682. The van der Waals surface area contributed by atoms with Crippen LogP contribution >= 0.6 is 0 Å². The minimum atomic E-state index is -0.490. The molecular formula is C17H18N2O2. The summed E-state index contributed by atoms with van der Waals surface area (Å²) in [6, 6.07) is 13.2. The minimum absolute atomic E-state index is 0.0108. The van der Waals surface area contributed by atoms with Crippen molar-refractivity contribution < 1.29 is 9.53 Å². The minimum Gasteiger partial charge on any atom is -0.484 e. The van der Waals surface area contributed by atoms with Gasteiger partial charge in [0.15, 0.2) is 0 Å². The van der Waals surface area contributed by atoms with E-state index in [-0.39, 0.29) is 6.10 Å². The highest BCUT2D eigenvalue weighted by Gasteiger charge is 2.22. The first-order chi connectivity index (χ1) is 10.1. The zero-order valence-electron chi connectivity index (χ0n) is 11.7. The Hall–Kier alpha value is -2.49. The summed E-state index contributed by atoms with van der Waals surface area (Å²) in [5.74, 6) is 0.109. The van der Waals surface area contributed by atoms with Crippen LogP contribution in [0, 0.1) is 0 Å². The molecule has 0 heterocycles. The fourth-order valence-corrected chi connectivity index (χ4v) is 2.79. The lowest BCUT2D eigenvalue weighted by Crippen LogP contribution is -2.16. The molecule has 2 aromatic rings. The van der Waals surface area contributed by atoms with Crippen LogP contribution in [0.15, 0.2) is 42.5 Å². The molecule has 0 saturated heterocycles. The van der Waals surface area contributed by atoms with Crippen molar-refractivity contribution in [3.8, 4) is 5.75 Å². The molecule has 1 aliphatic rings. The summed E-state index contributed by atoms with van der Waals surface area (Å²) in [6.07, 6.45) is 3.16. The van der Waals surface area contributed by atoms with Gasteiger partial charge in [-0.15, -0.1) is 0 Å². The number of aryl methyl sites for hydroxylation is 1. The van der Waals surface area contributed by atoms with Gasteiger partial charge in [0.1, 0.15) is 11.9 Å². The van der Waals surface area contributed by atoms with Crippen LogP contribution in [-0.4, -0.2) is 5.91 Å². The molecule has 0 saturated carbocycles. The van der Waals surface area contributed by atoms with Crippen molar-refractivity contribution in [1.29, 1.82) is 0 Å². The molecule has 1 unspecified atom stereocenters. The summed E-state index contributed by atoms with van der Waals surface area (Å²) in [5, 5.41) is 0. The van der Waals surface area contributed by atoms with Gasteiger partial charge in [0.25, 0.3) is 0 Å². The van der Waals surface area contributed by atoms with Crippen molar-refractivity contribution in [2.45, 2.75) is 25.4 Å². The first kappa shape index (κ1) is 13.5. The average molecular weight is 282 g/mol. The Kier molecular flexibility index (Phi) is 3.52. The van der Waals surface area contributed by atoms with Crippen molar-refractivity contribution in [2.24, 2.45) is 5.73 Å². The number of nitrogen functional groups attached to an aromatic ring is 1. The second-order valence-electron chi connectivity index (χ2n) is 5.31. The summed E-state index contributed by atoms with van der Waals surface area (Å²) in [7, 11) is 0. The molecule has 1 aliphatic carbocycles. The number of anilines is 1. The largest absolute Gasteiger partial charge is 0.484 e. The number of primary amides is 1. The average Bonchev–Trinajstić information content (AvgIpc) is 2.49. The molecule has 4 nitrogen and oxygen atoms in total. The van der Waals surface area contributed by atoms with E-state index in [0.29, 0.717) is 17.0 Å². The third kappa shape index (κ3) is 2.70. The van der Waals surface area contributed by atoms with Gasteiger partial charge in [0, 0.05) is 5.56 Å². The Labute approximate surface area is 123 Å². The van der Waals surface area contributed by atoms with Gasteiger partial charge in [-0.25, -0.2) is 0 Å². The van der Waals surface area contributed by atoms with Crippen LogP contribution in [-0.2, 0) is 6.42 Å². The van der Waals surface area contributed by atoms with Gasteiger partial charge in [-0.05, 0) is 48.6 Å². The number of ether oxygens (including phenoxy) is 1. The fraction of sp³-hybridized carbons (Fsp3) is 0.235. The zero-order chi connectivity index (χ0) is 14.8. The molecule has 0 radical (unpaired) electrons. The summed E-state index contributed by atoms with van der Waals surface area (Å²) in [4.78, 5) is 11.1. The van der Waals surface area contributed by atoms with Crippen LogP contribution in [0.1, 0.15) is 40.4 Å². The smallest absolute Gasteiger partial charge is 0.248 e. The number of carbonyl (C=O) groups is 1. The molecule has 0 fully saturated rings. The van der Waals surface area contributed by atoms with E-state index >= 15 is 0 Å². The van der Waals surface area contributed by atoms with Crippen molar-refractivity contribution in [1.82, 2.24) is 0 Å². The van der Waals surface area contributed by atoms with Crippen LogP contribution in [0.5, 0.6) is 5.75 Å². The van der Waals surface area contributed by atoms with Gasteiger partial charge in [-0.2, -0.15) is 0 Å². The molecule has 1 atom stereocenters. The normalized spacial score (nSPS) is 17.0. The number of amides is 1. The van der Waals surface area contributed by atoms with Crippen LogP contribution in [0.2, 0.25) is 0 Å². The SMILES string of the molecule is NC(=O)c1ccc(OC2CCCc3ccccc32)c(N)c1. The molecule has 1 amide bonds. The summed E-state index contributed by atoms with van der Waals surface area (Å²) >= 11 is 0. The number of nitrogens with two attached hydrogens (primary N) is 2. The molecule has 3 rings (SSSR count). The van der Waals surface area contributed by atoms with Gasteiger partial charge in [-0.1, -0.05) is 24.3 Å². The van der Waals surface area contributed by atoms with Crippen LogP contribution in [0.3, 0.4) is 0 Å². The second kappa shape index (κ2) is 5.48. The molecule has 108 valence electrons. The molecule has 4 N–H and O–H groups in total. The van der Waals surface area contributed by atoms with Crippen molar-refractivity contribution in [3.63, 3.8) is 0 Å². The highest BCUT2D eigenvalue weighted by atomic mass is 16.5. The summed E-state index contributed by atoms with van der Waals surface area (Å²) in [6.45, 7) is 0. The predicted molar refractivity (Wildman–Crippen MR) is 82.1 cm³/mol. The highest BCUT2D eigenvalue weighted by Crippen LogP contribution is 2.35. The molecule has 0 aromatic heterocycles. The molecular weight excluding hydrogens is 264 g/mol. The third-order valence-electron chi connectivity index (χ3n) is 3.88. The predicted octanol–water partition coefficient (Wildman–Crippen LogP) is 2.82. The zero-order valence-corrected chi connectivity index (χ0v) is 11.7. The van der Waals surface area contributed by atoms with E-state index in [4.69, 9.17) is 16.2 Å². The monoisotopic (exact) mass is 282 g/mol. The fourth-order valence-electron chi connectivity index (χ4n) is 2.79. The standard InChI is InChI=1S/C17H18N2O2/c18-14-10-12(17(19)20)8-9-16(14)21-15-7-3-5-11-4-1-2-6-13(11)15/h1-2,4,6,8-10,15H,3,5,7,18H2,(H2,19,20). The molecule has 0 spiro atoms. The van der Waals surface area contributed by atoms with E-state index in [1.165, 1.54) is 11.1 Å². The highest BCUT2D eigenvalue weighted by molar-refractivity contribution is 5.94. The van der Waals surface area contributed by atoms with Crippen molar-refractivity contribution in [2.75, 3.05) is 5.73 Å². The van der Waals surface area contributed by atoms with E-state index in [9.17, 15) is 4.79 Å². The van der Waals surface area contributed by atoms with Crippen LogP contribution < -0.4 is 16.2 Å². The molecule has 21 heavy (non-hydrogen) atoms. The maximum absolute atomic E-state index is 11.1. The number of hydrogen-bond donors (Lipinski definition) is 2. The van der Waals surface area contributed by atoms with Gasteiger partial charge in [0.2, 0.25) is 5.91 Å². The molecule has 4 heteroatoms. The lowest BCUT2D eigenvalue weighted by atomic mass is 9.89. The number of benzene rings is 2. The van der Waals surface area contributed by atoms with Gasteiger partial charge >= 0.3 is 0 Å². The van der Waals surface area contributed by atoms with Gasteiger partial charge in [0.05, 0.1) is 5.69 Å². The summed E-state index contributed by atoms with van der Waals surface area (Å²) < 4.78 is 6.07. The molecule has 0 aliphatic heterocycles. The van der Waals surface area contributed by atoms with Crippen LogP contribution in [0.4, 0.5) is 5.69 Å². The first-order valence-corrected chi connectivity index (χ1v) is 7.09. The molecule has 2 aromatic carbocycles. The Morgan fingerprint density at radius 1 is 1.19 bits per heavy atom. The first-order valence-electron chi connectivity index (χ1n) is 7.09. The maximum atomic E-state index is 11.1. The lowest BCUT2D eigenvalue weighted by Gasteiger charge is -2.26. The Morgan fingerprint density at radius 3 is 2.76 bits per heavy atom. The van der Waals surface area contributed by atoms with E-state index in [1.807, 2.05) is 6.07 Å². The maximum Gasteiger partial charge on any atom is 0.248 e. The van der Waals surface area contributed by atoms with E-state index in [2.05, 4.69) is 18.2 Å². The second-order valence-corrected chi connectivity index (χ2v) is 5.31. The van der Waals surface area contributed by atoms with E-state index in [0.717, 1.165) is 19.3 Å². The van der Waals surface area contributed by atoms with Gasteiger partial charge < -0.3 is 16.2 Å². The number of rotatable bonds is 3. The number of carbonyl (C=O) groups excluding carboxylic acids is 1.